The minimum absolute atomic E-state index is 0. The van der Waals surface area contributed by atoms with Gasteiger partial charge >= 0.3 is 0 Å². The van der Waals surface area contributed by atoms with Crippen LogP contribution in [0.2, 0.25) is 0 Å². The number of piperazine rings is 1. The van der Waals surface area contributed by atoms with Crippen LogP contribution in [-0.2, 0) is 10.0 Å². The zero-order valence-electron chi connectivity index (χ0n) is 15.8. The molecule has 150 valence electrons. The Morgan fingerprint density at radius 1 is 1.07 bits per heavy atom. The molecule has 6 nitrogen and oxygen atoms in total. The van der Waals surface area contributed by atoms with Crippen LogP contribution < -0.4 is 9.62 Å². The fourth-order valence-corrected chi connectivity index (χ4v) is 5.59. The minimum Gasteiger partial charge on any atom is -0.354 e. The number of sulfonamides is 1. The second kappa shape index (κ2) is 8.24. The molecule has 0 radical (unpaired) electrons. The Kier molecular flexibility index (Phi) is 6.14. The Balaban J connectivity index is 0.00000225. The molecule has 1 aromatic carbocycles. The molecule has 0 aliphatic carbocycles. The number of hydrogen-bond acceptors (Lipinski definition) is 6. The van der Waals surface area contributed by atoms with E-state index < -0.39 is 10.0 Å². The first-order valence-electron chi connectivity index (χ1n) is 8.84. The van der Waals surface area contributed by atoms with Crippen molar-refractivity contribution in [2.75, 3.05) is 42.8 Å². The standard InChI is InChI=1S/C19H22N4O2S2.ClH/c1-14-3-5-15(6-4-14)21-27(24,25)18-13-16-17(26-18)7-8-20-19(16)23-11-9-22(2)10-12-23;/h3-8,13,21H,9-12H2,1-2H3;1H. The molecule has 4 rings (SSSR count). The third-order valence-electron chi connectivity index (χ3n) is 4.77. The van der Waals surface area contributed by atoms with E-state index in [2.05, 4.69) is 26.6 Å². The van der Waals surface area contributed by atoms with Gasteiger partial charge in [0.1, 0.15) is 10.0 Å². The molecule has 0 spiro atoms. The lowest BCUT2D eigenvalue weighted by Crippen LogP contribution is -2.44. The number of hydrogen-bond donors (Lipinski definition) is 1. The number of benzene rings is 1. The highest BCUT2D eigenvalue weighted by Crippen LogP contribution is 2.35. The highest BCUT2D eigenvalue weighted by molar-refractivity contribution is 7.94. The van der Waals surface area contributed by atoms with Crippen molar-refractivity contribution >= 4 is 55.4 Å². The molecule has 28 heavy (non-hydrogen) atoms. The van der Waals surface area contributed by atoms with E-state index in [1.807, 2.05) is 25.1 Å². The highest BCUT2D eigenvalue weighted by Gasteiger charge is 2.22. The lowest BCUT2D eigenvalue weighted by molar-refractivity contribution is 0.312. The van der Waals surface area contributed by atoms with Crippen molar-refractivity contribution in [1.82, 2.24) is 9.88 Å². The maximum Gasteiger partial charge on any atom is 0.271 e. The normalized spacial score (nSPS) is 15.4. The Bertz CT molecular complexity index is 1060. The Labute approximate surface area is 175 Å². The minimum atomic E-state index is -3.63. The second-order valence-electron chi connectivity index (χ2n) is 6.87. The van der Waals surface area contributed by atoms with Gasteiger partial charge in [-0.1, -0.05) is 17.7 Å². The quantitative estimate of drug-likeness (QED) is 0.674. The molecule has 0 saturated carbocycles. The monoisotopic (exact) mass is 438 g/mol. The molecule has 2 aromatic heterocycles. The summed E-state index contributed by atoms with van der Waals surface area (Å²) in [6, 6.07) is 11.0. The summed E-state index contributed by atoms with van der Waals surface area (Å²) in [6.07, 6.45) is 1.76. The smallest absolute Gasteiger partial charge is 0.271 e. The molecular weight excluding hydrogens is 416 g/mol. The number of thiophene rings is 1. The number of rotatable bonds is 4. The number of likely N-dealkylation sites (N-methyl/N-ethyl adjacent to an activating group) is 1. The third kappa shape index (κ3) is 4.25. The molecular formula is C19H23ClN4O2S2. The van der Waals surface area contributed by atoms with E-state index in [4.69, 9.17) is 0 Å². The Hall–Kier alpha value is -1.87. The van der Waals surface area contributed by atoms with Gasteiger partial charge in [-0.2, -0.15) is 0 Å². The van der Waals surface area contributed by atoms with Gasteiger partial charge in [-0.05, 0) is 38.2 Å². The summed E-state index contributed by atoms with van der Waals surface area (Å²) in [5.41, 5.74) is 1.65. The van der Waals surface area contributed by atoms with Gasteiger partial charge in [0.05, 0.1) is 0 Å². The van der Waals surface area contributed by atoms with Crippen LogP contribution in [0.1, 0.15) is 5.56 Å². The SMILES string of the molecule is Cc1ccc(NS(=O)(=O)c2cc3c(N4CCN(C)CC4)nccc3s2)cc1.Cl. The summed E-state index contributed by atoms with van der Waals surface area (Å²) in [7, 11) is -1.52. The molecule has 0 unspecified atom stereocenters. The average Bonchev–Trinajstić information content (AvgIpc) is 3.10. The largest absolute Gasteiger partial charge is 0.354 e. The predicted octanol–water partition coefficient (Wildman–Crippen LogP) is 3.58. The molecule has 0 amide bonds. The van der Waals surface area contributed by atoms with E-state index in [1.54, 1.807) is 24.4 Å². The van der Waals surface area contributed by atoms with Crippen molar-refractivity contribution in [2.45, 2.75) is 11.1 Å². The maximum absolute atomic E-state index is 12.8. The van der Waals surface area contributed by atoms with E-state index in [-0.39, 0.29) is 12.4 Å². The van der Waals surface area contributed by atoms with Crippen LogP contribution in [0.5, 0.6) is 0 Å². The number of halogens is 1. The van der Waals surface area contributed by atoms with E-state index in [0.29, 0.717) is 9.90 Å². The van der Waals surface area contributed by atoms with E-state index in [9.17, 15) is 8.42 Å². The van der Waals surface area contributed by atoms with Crippen LogP contribution in [0.4, 0.5) is 11.5 Å². The Morgan fingerprint density at radius 2 is 1.75 bits per heavy atom. The molecule has 9 heteroatoms. The molecule has 1 saturated heterocycles. The van der Waals surface area contributed by atoms with Crippen LogP contribution in [-0.4, -0.2) is 51.5 Å². The summed E-state index contributed by atoms with van der Waals surface area (Å²) < 4.78 is 29.6. The lowest BCUT2D eigenvalue weighted by atomic mass is 10.2. The van der Waals surface area contributed by atoms with Crippen LogP contribution in [0.15, 0.2) is 46.8 Å². The zero-order valence-corrected chi connectivity index (χ0v) is 18.2. The summed E-state index contributed by atoms with van der Waals surface area (Å²) in [5.74, 6) is 0.869. The molecule has 1 fully saturated rings. The van der Waals surface area contributed by atoms with E-state index in [0.717, 1.165) is 47.6 Å². The number of aryl methyl sites for hydroxylation is 1. The van der Waals surface area contributed by atoms with Crippen molar-refractivity contribution in [1.29, 1.82) is 0 Å². The first-order valence-corrected chi connectivity index (χ1v) is 11.1. The van der Waals surface area contributed by atoms with Crippen molar-refractivity contribution in [3.8, 4) is 0 Å². The molecule has 1 aliphatic heterocycles. The maximum atomic E-state index is 12.8. The third-order valence-corrected chi connectivity index (χ3v) is 7.73. The summed E-state index contributed by atoms with van der Waals surface area (Å²) >= 11 is 1.28. The fraction of sp³-hybridized carbons (Fsp3) is 0.316. The fourth-order valence-electron chi connectivity index (χ4n) is 3.16. The second-order valence-corrected chi connectivity index (χ2v) is 9.87. The molecule has 3 heterocycles. The van der Waals surface area contributed by atoms with Crippen molar-refractivity contribution in [2.24, 2.45) is 0 Å². The topological polar surface area (TPSA) is 65.5 Å². The van der Waals surface area contributed by atoms with E-state index in [1.165, 1.54) is 11.3 Å². The van der Waals surface area contributed by atoms with Gasteiger partial charge < -0.3 is 9.80 Å². The van der Waals surface area contributed by atoms with E-state index >= 15 is 0 Å². The first-order chi connectivity index (χ1) is 12.9. The molecule has 0 atom stereocenters. The highest BCUT2D eigenvalue weighted by atomic mass is 35.5. The number of anilines is 2. The number of aromatic nitrogens is 1. The van der Waals surface area contributed by atoms with Crippen LogP contribution >= 0.6 is 23.7 Å². The number of nitrogens with one attached hydrogen (secondary N) is 1. The van der Waals surface area contributed by atoms with Gasteiger partial charge in [-0.25, -0.2) is 13.4 Å². The number of nitrogens with zero attached hydrogens (tertiary/aromatic N) is 3. The summed E-state index contributed by atoms with van der Waals surface area (Å²) in [4.78, 5) is 9.06. The number of pyridine rings is 1. The lowest BCUT2D eigenvalue weighted by Gasteiger charge is -2.33. The first kappa shape index (κ1) is 20.9. The van der Waals surface area contributed by atoms with Gasteiger partial charge in [-0.3, -0.25) is 4.72 Å². The van der Waals surface area contributed by atoms with Gasteiger partial charge in [0.15, 0.2) is 0 Å². The van der Waals surface area contributed by atoms with Gasteiger partial charge in [0.25, 0.3) is 10.0 Å². The summed E-state index contributed by atoms with van der Waals surface area (Å²) in [6.45, 7) is 5.70. The summed E-state index contributed by atoms with van der Waals surface area (Å²) in [5, 5.41) is 0.899. The molecule has 3 aromatic rings. The zero-order chi connectivity index (χ0) is 19.0. The number of fused-ring (bicyclic) bond motifs is 1. The van der Waals surface area contributed by atoms with Crippen LogP contribution in [0.3, 0.4) is 0 Å². The van der Waals surface area contributed by atoms with Gasteiger partial charge in [-0.15, -0.1) is 23.7 Å². The molecule has 0 bridgehead atoms. The average molecular weight is 439 g/mol. The van der Waals surface area contributed by atoms with Crippen molar-refractivity contribution in [3.05, 3.63) is 48.2 Å². The predicted molar refractivity (Wildman–Crippen MR) is 119 cm³/mol. The molecule has 1 N–H and O–H groups in total. The van der Waals surface area contributed by atoms with Crippen LogP contribution in [0, 0.1) is 6.92 Å². The molecule has 1 aliphatic rings. The van der Waals surface area contributed by atoms with Crippen molar-refractivity contribution < 1.29 is 8.42 Å². The van der Waals surface area contributed by atoms with Crippen LogP contribution in [0.25, 0.3) is 10.1 Å². The van der Waals surface area contributed by atoms with Gasteiger partial charge in [0, 0.05) is 48.1 Å². The Morgan fingerprint density at radius 3 is 2.43 bits per heavy atom. The van der Waals surface area contributed by atoms with Crippen molar-refractivity contribution in [3.63, 3.8) is 0 Å². The van der Waals surface area contributed by atoms with Gasteiger partial charge in [0.2, 0.25) is 0 Å².